The van der Waals surface area contributed by atoms with Crippen LogP contribution in [0.4, 0.5) is 13.2 Å². The van der Waals surface area contributed by atoms with E-state index in [-0.39, 0.29) is 28.5 Å². The highest BCUT2D eigenvalue weighted by Crippen LogP contribution is 2.36. The molecule has 0 aliphatic rings. The van der Waals surface area contributed by atoms with Crippen LogP contribution in [0.2, 0.25) is 0 Å². The molecule has 0 fully saturated rings. The lowest BCUT2D eigenvalue weighted by Gasteiger charge is -2.17. The molecule has 2 rings (SSSR count). The fraction of sp³-hybridized carbons (Fsp3) is 0.375. The molecule has 0 amide bonds. The summed E-state index contributed by atoms with van der Waals surface area (Å²) in [5.41, 5.74) is -3.53. The van der Waals surface area contributed by atoms with Crippen LogP contribution in [0.3, 0.4) is 0 Å². The number of nitrogens with zero attached hydrogens (tertiary/aromatic N) is 2. The highest BCUT2D eigenvalue weighted by molar-refractivity contribution is 8.00. The minimum Gasteiger partial charge on any atom is -0.325 e. The van der Waals surface area contributed by atoms with Gasteiger partial charge < -0.3 is 4.57 Å². The second kappa shape index (κ2) is 7.21. The number of imidazole rings is 1. The second-order valence-electron chi connectivity index (χ2n) is 5.06. The minimum atomic E-state index is -4.33. The maximum Gasteiger partial charge on any atom is 0.446 e. The molecule has 0 saturated carbocycles. The summed E-state index contributed by atoms with van der Waals surface area (Å²) in [6.45, 7) is 4.07. The summed E-state index contributed by atoms with van der Waals surface area (Å²) in [5.74, 6) is -0.238. The van der Waals surface area contributed by atoms with E-state index in [1.165, 1.54) is 30.5 Å². The Morgan fingerprint density at radius 1 is 1.22 bits per heavy atom. The van der Waals surface area contributed by atoms with Crippen LogP contribution in [0.1, 0.15) is 48.8 Å². The summed E-state index contributed by atoms with van der Waals surface area (Å²) in [7, 11) is 0. The third-order valence-corrected chi connectivity index (χ3v) is 4.32. The van der Waals surface area contributed by atoms with Gasteiger partial charge in [-0.15, -0.1) is 0 Å². The van der Waals surface area contributed by atoms with E-state index in [1.54, 1.807) is 6.33 Å². The fourth-order valence-electron chi connectivity index (χ4n) is 2.41. The van der Waals surface area contributed by atoms with Gasteiger partial charge in [0.05, 0.1) is 12.5 Å². The van der Waals surface area contributed by atoms with E-state index in [0.717, 1.165) is 12.8 Å². The van der Waals surface area contributed by atoms with Crippen molar-refractivity contribution < 1.29 is 18.0 Å². The van der Waals surface area contributed by atoms with Crippen molar-refractivity contribution >= 4 is 17.5 Å². The molecule has 23 heavy (non-hydrogen) atoms. The Balaban J connectivity index is 2.23. The van der Waals surface area contributed by atoms with Gasteiger partial charge in [0, 0.05) is 16.5 Å². The Morgan fingerprint density at radius 2 is 1.83 bits per heavy atom. The lowest BCUT2D eigenvalue weighted by molar-refractivity contribution is -0.0328. The molecule has 1 aromatic heterocycles. The number of hydrogen-bond acceptors (Lipinski definition) is 3. The van der Waals surface area contributed by atoms with E-state index in [2.05, 4.69) is 4.98 Å². The topological polar surface area (TPSA) is 34.9 Å². The van der Waals surface area contributed by atoms with Crippen LogP contribution in [0.15, 0.2) is 41.7 Å². The number of rotatable bonds is 6. The zero-order valence-corrected chi connectivity index (χ0v) is 13.6. The van der Waals surface area contributed by atoms with Gasteiger partial charge in [-0.3, -0.25) is 4.79 Å². The fourth-order valence-corrected chi connectivity index (χ4v) is 2.95. The van der Waals surface area contributed by atoms with Crippen molar-refractivity contribution in [2.75, 3.05) is 0 Å². The number of benzene rings is 1. The quantitative estimate of drug-likeness (QED) is 0.542. The maximum absolute atomic E-state index is 12.6. The number of thioether (sulfide) groups is 1. The summed E-state index contributed by atoms with van der Waals surface area (Å²) in [4.78, 5) is 16.7. The van der Waals surface area contributed by atoms with Crippen LogP contribution >= 0.6 is 11.8 Å². The molecule has 2 aromatic rings. The lowest BCUT2D eigenvalue weighted by Crippen LogP contribution is -2.14. The van der Waals surface area contributed by atoms with Crippen LogP contribution in [-0.4, -0.2) is 20.8 Å². The van der Waals surface area contributed by atoms with Crippen molar-refractivity contribution in [2.24, 2.45) is 0 Å². The summed E-state index contributed by atoms with van der Waals surface area (Å²) >= 11 is -0.195. The van der Waals surface area contributed by atoms with Gasteiger partial charge >= 0.3 is 5.51 Å². The Hall–Kier alpha value is -1.76. The Kier molecular flexibility index (Phi) is 5.51. The van der Waals surface area contributed by atoms with Crippen molar-refractivity contribution in [1.29, 1.82) is 0 Å². The smallest absolute Gasteiger partial charge is 0.325 e. The third-order valence-electron chi connectivity index (χ3n) is 3.58. The monoisotopic (exact) mass is 342 g/mol. The van der Waals surface area contributed by atoms with Gasteiger partial charge in [0.1, 0.15) is 5.69 Å². The largest absolute Gasteiger partial charge is 0.446 e. The molecular weight excluding hydrogens is 325 g/mol. The van der Waals surface area contributed by atoms with E-state index in [9.17, 15) is 18.0 Å². The Labute approximate surface area is 136 Å². The van der Waals surface area contributed by atoms with Gasteiger partial charge in [-0.05, 0) is 48.9 Å². The van der Waals surface area contributed by atoms with E-state index in [1.807, 2.05) is 18.4 Å². The molecule has 0 N–H and O–H groups in total. The van der Waals surface area contributed by atoms with E-state index >= 15 is 0 Å². The molecule has 0 aliphatic carbocycles. The zero-order chi connectivity index (χ0) is 17.0. The summed E-state index contributed by atoms with van der Waals surface area (Å²) in [6, 6.07) is 5.63. The van der Waals surface area contributed by atoms with Crippen molar-refractivity contribution in [2.45, 2.75) is 43.1 Å². The van der Waals surface area contributed by atoms with E-state index < -0.39 is 5.51 Å². The molecule has 0 radical (unpaired) electrons. The summed E-state index contributed by atoms with van der Waals surface area (Å²) < 4.78 is 38.8. The predicted octanol–water partition coefficient (Wildman–Crippen LogP) is 5.09. The number of aromatic nitrogens is 2. The normalized spacial score (nSPS) is 11.9. The molecule has 3 nitrogen and oxygen atoms in total. The number of carbonyl (C=O) groups is 1. The molecule has 1 heterocycles. The average molecular weight is 342 g/mol. The SMILES string of the molecule is CCC(CC)n1cncc1C(=O)c1ccc(SC(F)(F)F)cc1. The summed E-state index contributed by atoms with van der Waals surface area (Å²) in [6.07, 6.45) is 4.86. The van der Waals surface area contributed by atoms with Gasteiger partial charge in [0.25, 0.3) is 0 Å². The molecule has 0 aliphatic heterocycles. The Bertz CT molecular complexity index is 661. The molecule has 0 spiro atoms. The molecule has 0 unspecified atom stereocenters. The molecule has 7 heteroatoms. The molecule has 0 saturated heterocycles. The number of alkyl halides is 3. The second-order valence-corrected chi connectivity index (χ2v) is 6.20. The number of carbonyl (C=O) groups excluding carboxylic acids is 1. The average Bonchev–Trinajstić information content (AvgIpc) is 2.96. The summed E-state index contributed by atoms with van der Waals surface area (Å²) in [5, 5.41) is 0. The van der Waals surface area contributed by atoms with Crippen LogP contribution in [0.25, 0.3) is 0 Å². The van der Waals surface area contributed by atoms with Crippen LogP contribution in [0.5, 0.6) is 0 Å². The van der Waals surface area contributed by atoms with E-state index in [0.29, 0.717) is 11.3 Å². The first-order chi connectivity index (χ1) is 10.9. The minimum absolute atomic E-state index is 0.0579. The van der Waals surface area contributed by atoms with Crippen LogP contribution in [-0.2, 0) is 0 Å². The van der Waals surface area contributed by atoms with Crippen molar-refractivity contribution in [3.05, 3.63) is 48.0 Å². The molecule has 0 atom stereocenters. The number of halogens is 3. The predicted molar refractivity (Wildman–Crippen MR) is 83.6 cm³/mol. The first-order valence-corrected chi connectivity index (χ1v) is 8.09. The molecule has 1 aromatic carbocycles. The molecule has 0 bridgehead atoms. The van der Waals surface area contributed by atoms with Gasteiger partial charge in [-0.1, -0.05) is 13.8 Å². The highest BCUT2D eigenvalue weighted by Gasteiger charge is 2.29. The highest BCUT2D eigenvalue weighted by atomic mass is 32.2. The lowest BCUT2D eigenvalue weighted by atomic mass is 10.1. The number of ketones is 1. The number of hydrogen-bond donors (Lipinski definition) is 0. The Morgan fingerprint density at radius 3 is 2.35 bits per heavy atom. The first-order valence-electron chi connectivity index (χ1n) is 7.28. The van der Waals surface area contributed by atoms with Crippen molar-refractivity contribution in [3.63, 3.8) is 0 Å². The van der Waals surface area contributed by atoms with Gasteiger partial charge in [0.15, 0.2) is 0 Å². The van der Waals surface area contributed by atoms with Crippen LogP contribution in [0, 0.1) is 0 Å². The van der Waals surface area contributed by atoms with Gasteiger partial charge in [0.2, 0.25) is 5.78 Å². The van der Waals surface area contributed by atoms with Gasteiger partial charge in [-0.25, -0.2) is 4.98 Å². The standard InChI is InChI=1S/C16H17F3N2OS/c1-3-12(4-2)21-10-20-9-14(21)15(22)11-5-7-13(8-6-11)23-16(17,18)19/h5-10,12H,3-4H2,1-2H3. The molecule has 124 valence electrons. The molecular formula is C16H17F3N2OS. The van der Waals surface area contributed by atoms with Crippen molar-refractivity contribution in [3.8, 4) is 0 Å². The zero-order valence-electron chi connectivity index (χ0n) is 12.8. The van der Waals surface area contributed by atoms with Gasteiger partial charge in [-0.2, -0.15) is 13.2 Å². The third kappa shape index (κ3) is 4.37. The maximum atomic E-state index is 12.6. The van der Waals surface area contributed by atoms with Crippen molar-refractivity contribution in [1.82, 2.24) is 9.55 Å². The first kappa shape index (κ1) is 17.6. The van der Waals surface area contributed by atoms with E-state index in [4.69, 9.17) is 0 Å². The van der Waals surface area contributed by atoms with Crippen LogP contribution < -0.4 is 0 Å².